The van der Waals surface area contributed by atoms with Crippen LogP contribution in [-0.4, -0.2) is 77.3 Å². The Balaban J connectivity index is 1.10. The fourth-order valence-corrected chi connectivity index (χ4v) is 6.50. The number of nitrogens with zero attached hydrogens (tertiary/aromatic N) is 4. The maximum atomic E-state index is 4.65. The van der Waals surface area contributed by atoms with Crippen LogP contribution in [0.4, 0.5) is 0 Å². The van der Waals surface area contributed by atoms with Crippen molar-refractivity contribution in [3.05, 3.63) is 54.1 Å². The molecule has 4 heterocycles. The number of nitrogens with one attached hydrogen (secondary N) is 1. The molecule has 0 atom stereocenters. The number of likely N-dealkylation sites (N-methyl/N-ethyl adjacent to an activating group) is 1. The lowest BCUT2D eigenvalue weighted by Gasteiger charge is -2.42. The number of aromatic amines is 1. The molecule has 0 bridgehead atoms. The number of aromatic nitrogens is 2. The minimum atomic E-state index is 0.783. The molecule has 0 amide bonds. The lowest BCUT2D eigenvalue weighted by molar-refractivity contribution is 0.0658. The van der Waals surface area contributed by atoms with E-state index in [1.54, 1.807) is 0 Å². The minimum absolute atomic E-state index is 0.783. The van der Waals surface area contributed by atoms with Crippen LogP contribution in [0.5, 0.6) is 0 Å². The van der Waals surface area contributed by atoms with Crippen molar-refractivity contribution in [1.82, 2.24) is 24.9 Å². The average molecular weight is 446 g/mol. The summed E-state index contributed by atoms with van der Waals surface area (Å²) in [6, 6.07) is 18.4. The zero-order valence-corrected chi connectivity index (χ0v) is 19.6. The van der Waals surface area contributed by atoms with E-state index in [4.69, 9.17) is 0 Å². The first-order chi connectivity index (χ1) is 15.7. The van der Waals surface area contributed by atoms with E-state index in [0.717, 1.165) is 23.8 Å². The van der Waals surface area contributed by atoms with Gasteiger partial charge in [0.2, 0.25) is 0 Å². The summed E-state index contributed by atoms with van der Waals surface area (Å²) in [6.07, 6.45) is 2.61. The first-order valence-corrected chi connectivity index (χ1v) is 12.7. The Bertz CT molecular complexity index is 1190. The van der Waals surface area contributed by atoms with Crippen LogP contribution in [0.3, 0.4) is 0 Å². The van der Waals surface area contributed by atoms with Crippen molar-refractivity contribution in [2.75, 3.05) is 46.3 Å². The van der Waals surface area contributed by atoms with Gasteiger partial charge in [0.25, 0.3) is 0 Å². The highest BCUT2D eigenvalue weighted by Crippen LogP contribution is 2.38. The van der Waals surface area contributed by atoms with Crippen molar-refractivity contribution in [2.24, 2.45) is 0 Å². The second-order valence-electron chi connectivity index (χ2n) is 9.42. The molecule has 2 aromatic carbocycles. The van der Waals surface area contributed by atoms with Crippen LogP contribution >= 0.6 is 11.3 Å². The van der Waals surface area contributed by atoms with E-state index in [9.17, 15) is 0 Å². The predicted octanol–water partition coefficient (Wildman–Crippen LogP) is 4.66. The number of hydrogen-bond acceptors (Lipinski definition) is 5. The van der Waals surface area contributed by atoms with Crippen LogP contribution in [0.2, 0.25) is 0 Å². The van der Waals surface area contributed by atoms with Crippen LogP contribution in [0.1, 0.15) is 18.4 Å². The molecule has 0 saturated carbocycles. The van der Waals surface area contributed by atoms with E-state index in [-0.39, 0.29) is 0 Å². The number of piperazine rings is 1. The molecule has 4 aromatic rings. The smallest absolute Gasteiger partial charge is 0.110 e. The second kappa shape index (κ2) is 8.60. The maximum Gasteiger partial charge on any atom is 0.110 e. The molecule has 2 fully saturated rings. The van der Waals surface area contributed by atoms with Crippen LogP contribution in [0.15, 0.2) is 48.5 Å². The zero-order chi connectivity index (χ0) is 21.5. The lowest BCUT2D eigenvalue weighted by Crippen LogP contribution is -2.52. The zero-order valence-electron chi connectivity index (χ0n) is 18.8. The van der Waals surface area contributed by atoms with Crippen LogP contribution in [-0.2, 0) is 6.54 Å². The maximum absolute atomic E-state index is 4.65. The number of piperidine rings is 1. The highest BCUT2D eigenvalue weighted by Gasteiger charge is 2.26. The number of H-pyrrole nitrogens is 1. The Labute approximate surface area is 193 Å². The highest BCUT2D eigenvalue weighted by molar-refractivity contribution is 7.26. The van der Waals surface area contributed by atoms with Crippen LogP contribution in [0.25, 0.3) is 31.6 Å². The molecule has 2 aromatic heterocycles. The molecule has 1 N–H and O–H groups in total. The van der Waals surface area contributed by atoms with Gasteiger partial charge in [-0.3, -0.25) is 14.9 Å². The Morgan fingerprint density at radius 2 is 1.69 bits per heavy atom. The molecule has 0 radical (unpaired) electrons. The van der Waals surface area contributed by atoms with Gasteiger partial charge in [-0.2, -0.15) is 5.10 Å². The summed E-state index contributed by atoms with van der Waals surface area (Å²) in [5.41, 5.74) is 4.82. The molecule has 6 rings (SSSR count). The molecule has 2 aliphatic rings. The van der Waals surface area contributed by atoms with E-state index in [0.29, 0.717) is 0 Å². The molecule has 0 unspecified atom stereocenters. The van der Waals surface area contributed by atoms with Gasteiger partial charge in [0.1, 0.15) is 5.69 Å². The van der Waals surface area contributed by atoms with Gasteiger partial charge in [-0.1, -0.05) is 42.5 Å². The summed E-state index contributed by atoms with van der Waals surface area (Å²) >= 11 is 1.83. The molecule has 0 spiro atoms. The molecule has 2 aliphatic heterocycles. The first kappa shape index (κ1) is 20.4. The van der Waals surface area contributed by atoms with Gasteiger partial charge in [-0.05, 0) is 44.6 Å². The number of likely N-dealkylation sites (tertiary alicyclic amines) is 1. The van der Waals surface area contributed by atoms with Gasteiger partial charge >= 0.3 is 0 Å². The van der Waals surface area contributed by atoms with Crippen LogP contribution in [0, 0.1) is 0 Å². The Morgan fingerprint density at radius 1 is 0.938 bits per heavy atom. The number of rotatable bonds is 4. The summed E-state index contributed by atoms with van der Waals surface area (Å²) in [7, 11) is 2.24. The SMILES string of the molecule is CN1CCN(C2CCN(Cc3ccc(-c4n[nH]c5c4sc4ccccc45)cc3)CC2)CC1. The molecule has 0 aliphatic carbocycles. The van der Waals surface area contributed by atoms with Crippen molar-refractivity contribution < 1.29 is 0 Å². The Kier molecular flexibility index (Phi) is 5.47. The summed E-state index contributed by atoms with van der Waals surface area (Å²) in [6.45, 7) is 8.38. The molecular formula is C26H31N5S. The largest absolute Gasteiger partial charge is 0.304 e. The Morgan fingerprint density at radius 3 is 2.47 bits per heavy atom. The number of benzene rings is 2. The average Bonchev–Trinajstić information content (AvgIpc) is 3.40. The quantitative estimate of drug-likeness (QED) is 0.496. The van der Waals surface area contributed by atoms with Crippen molar-refractivity contribution in [3.8, 4) is 11.3 Å². The number of hydrogen-bond donors (Lipinski definition) is 1. The third-order valence-electron chi connectivity index (χ3n) is 7.33. The summed E-state index contributed by atoms with van der Waals surface area (Å²) in [4.78, 5) is 7.80. The standard InChI is InChI=1S/C26H31N5S/c1-29-14-16-31(17-15-29)21-10-12-30(13-11-21)18-19-6-8-20(9-7-19)24-26-25(28-27-24)22-4-2-3-5-23(22)32-26/h2-9,21H,10-18H2,1H3,(H,27,28). The summed E-state index contributed by atoms with van der Waals surface area (Å²) in [5.74, 6) is 0. The fraction of sp³-hybridized carbons (Fsp3) is 0.423. The van der Waals surface area contributed by atoms with Crippen molar-refractivity contribution in [3.63, 3.8) is 0 Å². The van der Waals surface area contributed by atoms with Crippen LogP contribution < -0.4 is 0 Å². The lowest BCUT2D eigenvalue weighted by atomic mass is 10.0. The van der Waals surface area contributed by atoms with E-state index in [1.807, 2.05) is 11.3 Å². The second-order valence-corrected chi connectivity index (χ2v) is 10.5. The third kappa shape index (κ3) is 3.86. The fourth-order valence-electron chi connectivity index (χ4n) is 5.34. The Hall–Kier alpha value is -2.25. The van der Waals surface area contributed by atoms with Gasteiger partial charge < -0.3 is 4.90 Å². The van der Waals surface area contributed by atoms with Gasteiger partial charge in [0, 0.05) is 54.4 Å². The molecule has 6 heteroatoms. The van der Waals surface area contributed by atoms with E-state index in [2.05, 4.69) is 80.5 Å². The van der Waals surface area contributed by atoms with Gasteiger partial charge in [0.15, 0.2) is 0 Å². The van der Waals surface area contributed by atoms with Crippen molar-refractivity contribution in [1.29, 1.82) is 0 Å². The third-order valence-corrected chi connectivity index (χ3v) is 8.51. The van der Waals surface area contributed by atoms with Crippen molar-refractivity contribution >= 4 is 31.6 Å². The van der Waals surface area contributed by atoms with Gasteiger partial charge in [0.05, 0.1) is 10.2 Å². The number of fused-ring (bicyclic) bond motifs is 3. The van der Waals surface area contributed by atoms with E-state index < -0.39 is 0 Å². The molecule has 2 saturated heterocycles. The number of thiophene rings is 1. The monoisotopic (exact) mass is 445 g/mol. The topological polar surface area (TPSA) is 38.4 Å². The first-order valence-electron chi connectivity index (χ1n) is 11.8. The summed E-state index contributed by atoms with van der Waals surface area (Å²) < 4.78 is 2.57. The predicted molar refractivity (Wildman–Crippen MR) is 134 cm³/mol. The van der Waals surface area contributed by atoms with E-state index >= 15 is 0 Å². The summed E-state index contributed by atoms with van der Waals surface area (Å²) in [5, 5.41) is 9.18. The normalized spacial score (nSPS) is 19.9. The van der Waals surface area contributed by atoms with Gasteiger partial charge in [-0.15, -0.1) is 11.3 Å². The van der Waals surface area contributed by atoms with E-state index in [1.165, 1.54) is 78.0 Å². The highest BCUT2D eigenvalue weighted by atomic mass is 32.1. The molecular weight excluding hydrogens is 414 g/mol. The molecule has 166 valence electrons. The van der Waals surface area contributed by atoms with Crippen molar-refractivity contribution in [2.45, 2.75) is 25.4 Å². The molecule has 32 heavy (non-hydrogen) atoms. The molecule has 5 nitrogen and oxygen atoms in total. The van der Waals surface area contributed by atoms with Gasteiger partial charge in [-0.25, -0.2) is 0 Å². The minimum Gasteiger partial charge on any atom is -0.304 e.